The fourth-order valence-electron chi connectivity index (χ4n) is 4.03. The van der Waals surface area contributed by atoms with Crippen molar-refractivity contribution in [2.24, 2.45) is 0 Å². The van der Waals surface area contributed by atoms with Gasteiger partial charge in [0, 0.05) is 10.6 Å². The molecule has 7 nitrogen and oxygen atoms in total. The maximum absolute atomic E-state index is 12.3. The van der Waals surface area contributed by atoms with Crippen LogP contribution in [0.4, 0.5) is 13.2 Å². The summed E-state index contributed by atoms with van der Waals surface area (Å²) in [7, 11) is 0. The van der Waals surface area contributed by atoms with Crippen molar-refractivity contribution in [2.75, 3.05) is 13.2 Å². The van der Waals surface area contributed by atoms with E-state index in [-0.39, 0.29) is 18.8 Å². The average Bonchev–Trinajstić information content (AvgIpc) is 3.13. The smallest absolute Gasteiger partial charge is 0.406 e. The highest BCUT2D eigenvalue weighted by Crippen LogP contribution is 2.49. The van der Waals surface area contributed by atoms with Gasteiger partial charge < -0.3 is 34.6 Å². The van der Waals surface area contributed by atoms with Crippen molar-refractivity contribution in [1.29, 1.82) is 0 Å². The molecule has 2 aromatic carbocycles. The first-order valence-corrected chi connectivity index (χ1v) is 10.0. The average molecular weight is 477 g/mol. The van der Waals surface area contributed by atoms with Gasteiger partial charge in [-0.25, -0.2) is 0 Å². The molecular formula is C21H20ClF3O7. The van der Waals surface area contributed by atoms with E-state index in [4.69, 9.17) is 21.1 Å². The first-order valence-electron chi connectivity index (χ1n) is 9.62. The van der Waals surface area contributed by atoms with Gasteiger partial charge in [0.1, 0.15) is 29.7 Å². The van der Waals surface area contributed by atoms with Crippen molar-refractivity contribution in [3.63, 3.8) is 0 Å². The van der Waals surface area contributed by atoms with Gasteiger partial charge in [-0.3, -0.25) is 0 Å². The van der Waals surface area contributed by atoms with E-state index in [2.05, 4.69) is 4.74 Å². The number of aliphatic hydroxyl groups excluding tert-OH is 4. The first-order chi connectivity index (χ1) is 15.0. The van der Waals surface area contributed by atoms with Crippen LogP contribution in [0.1, 0.15) is 16.7 Å². The fourth-order valence-corrected chi connectivity index (χ4v) is 4.22. The Morgan fingerprint density at radius 3 is 2.38 bits per heavy atom. The zero-order chi connectivity index (χ0) is 23.3. The van der Waals surface area contributed by atoms with E-state index < -0.39 is 42.7 Å². The summed E-state index contributed by atoms with van der Waals surface area (Å²) in [6, 6.07) is 9.89. The molecule has 0 aliphatic carbocycles. The molecule has 0 unspecified atom stereocenters. The van der Waals surface area contributed by atoms with Gasteiger partial charge in [-0.2, -0.15) is 0 Å². The van der Waals surface area contributed by atoms with Crippen molar-refractivity contribution < 1.29 is 47.8 Å². The lowest BCUT2D eigenvalue weighted by molar-refractivity contribution is -0.329. The van der Waals surface area contributed by atoms with E-state index in [1.54, 1.807) is 6.07 Å². The van der Waals surface area contributed by atoms with Crippen LogP contribution in [0, 0.1) is 0 Å². The predicted octanol–water partition coefficient (Wildman–Crippen LogP) is 1.86. The van der Waals surface area contributed by atoms with Crippen LogP contribution < -0.4 is 4.74 Å². The molecule has 2 aromatic rings. The second kappa shape index (κ2) is 8.14. The number of hydrogen-bond donors (Lipinski definition) is 4. The first kappa shape index (κ1) is 23.2. The number of ether oxygens (including phenoxy) is 3. The van der Waals surface area contributed by atoms with Gasteiger partial charge >= 0.3 is 6.36 Å². The summed E-state index contributed by atoms with van der Waals surface area (Å²) in [4.78, 5) is 0. The van der Waals surface area contributed by atoms with Crippen LogP contribution in [0.3, 0.4) is 0 Å². The number of hydrogen-bond acceptors (Lipinski definition) is 7. The Bertz CT molecular complexity index is 986. The van der Waals surface area contributed by atoms with Crippen molar-refractivity contribution >= 4 is 11.6 Å². The minimum absolute atomic E-state index is 0.224. The predicted molar refractivity (Wildman–Crippen MR) is 104 cm³/mol. The number of fused-ring (bicyclic) bond motifs is 2. The molecule has 4 rings (SSSR count). The second-order valence-electron chi connectivity index (χ2n) is 7.84. The largest absolute Gasteiger partial charge is 0.573 e. The molecule has 2 saturated heterocycles. The minimum atomic E-state index is -4.79. The number of alkyl halides is 3. The molecule has 11 heteroatoms. The maximum atomic E-state index is 12.3. The Morgan fingerprint density at radius 2 is 1.75 bits per heavy atom. The Balaban J connectivity index is 1.62. The molecular weight excluding hydrogens is 457 g/mol. The van der Waals surface area contributed by atoms with Gasteiger partial charge in [0.15, 0.2) is 0 Å². The highest BCUT2D eigenvalue weighted by Gasteiger charge is 2.67. The number of benzene rings is 2. The molecule has 0 amide bonds. The standard InChI is InChI=1S/C21H20ClF3O7/c22-15-6-3-13(20-18(29)16(27)17(28)19(9-26,32-20)10-30-20)8-12(15)7-11-1-4-14(5-2-11)31-21(23,24)25/h1-6,8,16-18,26-29H,7,9-10H2/t16-,17-,18+,19+,20+/m0/s1. The van der Waals surface area contributed by atoms with Gasteiger partial charge in [0.2, 0.25) is 5.79 Å². The third kappa shape index (κ3) is 3.96. The van der Waals surface area contributed by atoms with Gasteiger partial charge in [-0.05, 0) is 41.8 Å². The fraction of sp³-hybridized carbons (Fsp3) is 0.429. The Labute approximate surface area is 185 Å². The SMILES string of the molecule is OC[C@]12CO[C@](c3ccc(Cl)c(Cc4ccc(OC(F)(F)F)cc4)c3)(O1)[C@H](O)[C@@H](O)[C@@H]2O. The molecule has 2 bridgehead atoms. The molecule has 2 heterocycles. The molecule has 174 valence electrons. The summed E-state index contributed by atoms with van der Waals surface area (Å²) in [5.74, 6) is -2.20. The molecule has 0 spiro atoms. The van der Waals surface area contributed by atoms with Crippen LogP contribution in [0.25, 0.3) is 0 Å². The number of aliphatic hydroxyl groups is 4. The number of halogens is 4. The van der Waals surface area contributed by atoms with E-state index in [9.17, 15) is 33.6 Å². The molecule has 5 atom stereocenters. The lowest BCUT2D eigenvalue weighted by atomic mass is 9.83. The zero-order valence-corrected chi connectivity index (χ0v) is 17.2. The van der Waals surface area contributed by atoms with Gasteiger partial charge in [0.25, 0.3) is 0 Å². The lowest BCUT2D eigenvalue weighted by Gasteiger charge is -2.46. The molecule has 0 saturated carbocycles. The van der Waals surface area contributed by atoms with E-state index >= 15 is 0 Å². The minimum Gasteiger partial charge on any atom is -0.406 e. The van der Waals surface area contributed by atoms with E-state index in [1.165, 1.54) is 36.4 Å². The molecule has 0 radical (unpaired) electrons. The third-order valence-corrected chi connectivity index (χ3v) is 6.10. The second-order valence-corrected chi connectivity index (χ2v) is 8.24. The summed E-state index contributed by atoms with van der Waals surface area (Å²) in [5.41, 5.74) is -0.131. The van der Waals surface area contributed by atoms with Crippen molar-refractivity contribution in [3.05, 3.63) is 64.2 Å². The summed E-state index contributed by atoms with van der Waals surface area (Å²) in [5, 5.41) is 41.3. The highest BCUT2D eigenvalue weighted by molar-refractivity contribution is 6.31. The maximum Gasteiger partial charge on any atom is 0.573 e. The van der Waals surface area contributed by atoms with Gasteiger partial charge in [0.05, 0.1) is 13.2 Å². The third-order valence-electron chi connectivity index (χ3n) is 5.73. The normalized spacial score (nSPS) is 32.2. The van der Waals surface area contributed by atoms with Crippen LogP contribution in [-0.2, 0) is 21.7 Å². The van der Waals surface area contributed by atoms with Crippen LogP contribution in [0.15, 0.2) is 42.5 Å². The van der Waals surface area contributed by atoms with Crippen LogP contribution in [0.5, 0.6) is 5.75 Å². The zero-order valence-electron chi connectivity index (χ0n) is 16.4. The Hall–Kier alpha value is -1.92. The molecule has 2 aliphatic rings. The monoisotopic (exact) mass is 476 g/mol. The molecule has 2 fully saturated rings. The van der Waals surface area contributed by atoms with E-state index in [0.29, 0.717) is 21.7 Å². The van der Waals surface area contributed by atoms with E-state index in [1.807, 2.05) is 0 Å². The van der Waals surface area contributed by atoms with Crippen LogP contribution >= 0.6 is 11.6 Å². The summed E-state index contributed by atoms with van der Waals surface area (Å²) in [6.07, 6.45) is -9.43. The quantitative estimate of drug-likeness (QED) is 0.521. The van der Waals surface area contributed by atoms with Gasteiger partial charge in [-0.15, -0.1) is 13.2 Å². The number of rotatable bonds is 5. The molecule has 32 heavy (non-hydrogen) atoms. The Kier molecular flexibility index (Phi) is 5.91. The summed E-state index contributed by atoms with van der Waals surface area (Å²) in [6.45, 7) is -0.913. The van der Waals surface area contributed by atoms with E-state index in [0.717, 1.165) is 0 Å². The summed E-state index contributed by atoms with van der Waals surface area (Å²) >= 11 is 6.30. The lowest BCUT2D eigenvalue weighted by Crippen LogP contribution is -2.65. The van der Waals surface area contributed by atoms with Crippen LogP contribution in [0.2, 0.25) is 5.02 Å². The highest BCUT2D eigenvalue weighted by atomic mass is 35.5. The molecule has 4 N–H and O–H groups in total. The van der Waals surface area contributed by atoms with Crippen molar-refractivity contribution in [3.8, 4) is 5.75 Å². The van der Waals surface area contributed by atoms with Crippen LogP contribution in [-0.4, -0.2) is 63.9 Å². The molecule has 0 aromatic heterocycles. The van der Waals surface area contributed by atoms with Crippen molar-refractivity contribution in [1.82, 2.24) is 0 Å². The van der Waals surface area contributed by atoms with Gasteiger partial charge in [-0.1, -0.05) is 29.8 Å². The molecule has 2 aliphatic heterocycles. The Morgan fingerprint density at radius 1 is 1.06 bits per heavy atom. The van der Waals surface area contributed by atoms with Crippen molar-refractivity contribution in [2.45, 2.75) is 42.5 Å². The summed E-state index contributed by atoms with van der Waals surface area (Å²) < 4.78 is 52.4. The topological polar surface area (TPSA) is 109 Å².